The summed E-state index contributed by atoms with van der Waals surface area (Å²) in [5.74, 6) is 0. The van der Waals surface area contributed by atoms with Crippen LogP contribution in [0, 0.1) is 15.9 Å². The first kappa shape index (κ1) is 6.92. The van der Waals surface area contributed by atoms with E-state index in [4.69, 9.17) is 5.41 Å². The van der Waals surface area contributed by atoms with Crippen LogP contribution in [0.2, 0.25) is 0 Å². The van der Waals surface area contributed by atoms with Gasteiger partial charge in [-0.15, -0.1) is 0 Å². The number of hydrogen-bond acceptors (Lipinski definition) is 2. The molecule has 1 rings (SSSR count). The molecule has 0 saturated carbocycles. The van der Waals surface area contributed by atoms with E-state index in [-0.39, 0.29) is 0 Å². The summed E-state index contributed by atoms with van der Waals surface area (Å²) in [6, 6.07) is 0. The van der Waals surface area contributed by atoms with Crippen LogP contribution in [0.1, 0.15) is 5.56 Å². The molecule has 2 nitrogen and oxygen atoms in total. The third-order valence-corrected chi connectivity index (χ3v) is 2.69. The molecule has 0 aliphatic rings. The van der Waals surface area contributed by atoms with E-state index in [1.54, 1.807) is 7.05 Å². The molecule has 1 aromatic carbocycles. The Morgan fingerprint density at radius 1 is 1.56 bits per heavy atom. The molecular formula is C6H7IN2. The Kier molecular flexibility index (Phi) is 1.70. The Morgan fingerprint density at radius 2 is 2.11 bits per heavy atom. The first-order valence-corrected chi connectivity index (χ1v) is 3.69. The molecule has 0 aliphatic carbocycles. The average Bonchev–Trinajstić information content (AvgIpc) is 1.89. The van der Waals surface area contributed by atoms with E-state index in [1.165, 1.54) is 0 Å². The van der Waals surface area contributed by atoms with Gasteiger partial charge in [0, 0.05) is 10.6 Å². The third-order valence-electron chi connectivity index (χ3n) is 1.37. The Morgan fingerprint density at radius 3 is 2.33 bits per heavy atom. The molecule has 0 bridgehead atoms. The average molecular weight is 234 g/mol. The minimum atomic E-state index is 0.599. The third kappa shape index (κ3) is 0.831. The summed E-state index contributed by atoms with van der Waals surface area (Å²) in [5.41, 5.74) is 1.07. The number of halogens is 1. The van der Waals surface area contributed by atoms with E-state index in [0.29, 0.717) is 5.36 Å². The van der Waals surface area contributed by atoms with E-state index in [1.807, 2.05) is 6.92 Å². The molecule has 1 N–H and O–H groups in total. The molecule has 0 aromatic heterocycles. The molecule has 0 spiro atoms. The number of rotatable bonds is 0. The molecule has 0 fully saturated rings. The van der Waals surface area contributed by atoms with Gasteiger partial charge in [0.25, 0.3) is 0 Å². The van der Waals surface area contributed by atoms with Crippen molar-refractivity contribution < 1.29 is 0 Å². The molecule has 0 atom stereocenters. The van der Waals surface area contributed by atoms with Crippen molar-refractivity contribution in [2.75, 3.05) is 7.05 Å². The number of hydrogen-bond donors (Lipinski definition) is 1. The number of nitrogens with zero attached hydrogens (tertiary/aromatic N) is 1. The maximum Gasteiger partial charge on any atom is 0.0960 e. The lowest BCUT2D eigenvalue weighted by atomic mass is 10.2. The summed E-state index contributed by atoms with van der Waals surface area (Å²) in [5, 5.41) is 8.78. The molecule has 1 aromatic rings. The minimum absolute atomic E-state index is 0.599. The van der Waals surface area contributed by atoms with Gasteiger partial charge in [-0.1, -0.05) is 0 Å². The van der Waals surface area contributed by atoms with Crippen LogP contribution < -0.4 is 10.7 Å². The SMILES string of the molecule is CN=c1c(I)c(C)c1=N. The van der Waals surface area contributed by atoms with Crippen LogP contribution in [-0.4, -0.2) is 7.05 Å². The molecule has 0 amide bonds. The normalized spacial score (nSPS) is 13.0. The zero-order valence-corrected chi connectivity index (χ0v) is 7.48. The quantitative estimate of drug-likeness (QED) is 0.634. The van der Waals surface area contributed by atoms with Crippen molar-refractivity contribution in [2.24, 2.45) is 4.99 Å². The topological polar surface area (TPSA) is 36.2 Å². The van der Waals surface area contributed by atoms with Crippen molar-refractivity contribution in [1.82, 2.24) is 0 Å². The van der Waals surface area contributed by atoms with Crippen LogP contribution in [0.25, 0.3) is 0 Å². The van der Waals surface area contributed by atoms with Gasteiger partial charge in [-0.3, -0.25) is 10.4 Å². The molecule has 0 aliphatic heterocycles. The fraction of sp³-hybridized carbons (Fsp3) is 0.333. The fourth-order valence-corrected chi connectivity index (χ4v) is 1.50. The van der Waals surface area contributed by atoms with Gasteiger partial charge >= 0.3 is 0 Å². The largest absolute Gasteiger partial charge is 0.298 e. The summed E-state index contributed by atoms with van der Waals surface area (Å²) >= 11 is 2.20. The molecule has 0 unspecified atom stereocenters. The van der Waals surface area contributed by atoms with Crippen LogP contribution >= 0.6 is 22.6 Å². The Balaban J connectivity index is 3.44. The lowest BCUT2D eigenvalue weighted by Crippen LogP contribution is -2.38. The van der Waals surface area contributed by atoms with Crippen molar-refractivity contribution in [3.05, 3.63) is 19.8 Å². The van der Waals surface area contributed by atoms with Crippen molar-refractivity contribution in [1.29, 1.82) is 5.41 Å². The number of nitrogens with one attached hydrogen (secondary N) is 1. The predicted octanol–water partition coefficient (Wildman–Crippen LogP) is 0.485. The molecule has 3 heteroatoms. The van der Waals surface area contributed by atoms with Gasteiger partial charge in [-0.05, 0) is 35.1 Å². The molecule has 9 heavy (non-hydrogen) atoms. The van der Waals surface area contributed by atoms with Gasteiger partial charge in [0.15, 0.2) is 0 Å². The second-order valence-corrected chi connectivity index (χ2v) is 2.96. The zero-order valence-electron chi connectivity index (χ0n) is 5.33. The summed E-state index contributed by atoms with van der Waals surface area (Å²) < 4.78 is 1.14. The summed E-state index contributed by atoms with van der Waals surface area (Å²) in [6.07, 6.45) is 0. The second-order valence-electron chi connectivity index (χ2n) is 1.89. The Bertz CT molecular complexity index is 305. The van der Waals surface area contributed by atoms with Gasteiger partial charge < -0.3 is 0 Å². The monoisotopic (exact) mass is 234 g/mol. The van der Waals surface area contributed by atoms with Crippen molar-refractivity contribution in [3.63, 3.8) is 0 Å². The zero-order chi connectivity index (χ0) is 7.02. The first-order chi connectivity index (χ1) is 4.18. The Hall–Kier alpha value is -0.190. The van der Waals surface area contributed by atoms with Crippen molar-refractivity contribution in [3.8, 4) is 0 Å². The van der Waals surface area contributed by atoms with Gasteiger partial charge in [0.2, 0.25) is 0 Å². The molecule has 48 valence electrons. The summed E-state index contributed by atoms with van der Waals surface area (Å²) in [7, 11) is 1.72. The van der Waals surface area contributed by atoms with E-state index in [2.05, 4.69) is 27.6 Å². The summed E-state index contributed by atoms with van der Waals surface area (Å²) in [4.78, 5) is 3.93. The van der Waals surface area contributed by atoms with Crippen LogP contribution in [0.3, 0.4) is 0 Å². The van der Waals surface area contributed by atoms with Crippen LogP contribution in [-0.2, 0) is 0 Å². The lowest BCUT2D eigenvalue weighted by Gasteiger charge is -2.01. The molecule has 0 radical (unpaired) electrons. The van der Waals surface area contributed by atoms with Gasteiger partial charge in [-0.2, -0.15) is 0 Å². The van der Waals surface area contributed by atoms with Crippen LogP contribution in [0.4, 0.5) is 0 Å². The highest BCUT2D eigenvalue weighted by molar-refractivity contribution is 14.1. The van der Waals surface area contributed by atoms with Crippen molar-refractivity contribution >= 4 is 22.6 Å². The minimum Gasteiger partial charge on any atom is -0.298 e. The smallest absolute Gasteiger partial charge is 0.0960 e. The highest BCUT2D eigenvalue weighted by Gasteiger charge is 2.06. The fourth-order valence-electron chi connectivity index (χ4n) is 0.722. The molecular weight excluding hydrogens is 227 g/mol. The first-order valence-electron chi connectivity index (χ1n) is 2.61. The van der Waals surface area contributed by atoms with E-state index >= 15 is 0 Å². The van der Waals surface area contributed by atoms with Crippen LogP contribution in [0.15, 0.2) is 4.99 Å². The van der Waals surface area contributed by atoms with Gasteiger partial charge in [0.1, 0.15) is 0 Å². The maximum absolute atomic E-state index is 7.33. The van der Waals surface area contributed by atoms with Gasteiger partial charge in [-0.25, -0.2) is 0 Å². The van der Waals surface area contributed by atoms with Gasteiger partial charge in [0.05, 0.1) is 10.7 Å². The van der Waals surface area contributed by atoms with E-state index in [9.17, 15) is 0 Å². The Labute approximate surface area is 67.0 Å². The molecule has 0 heterocycles. The van der Waals surface area contributed by atoms with Crippen LogP contribution in [0.5, 0.6) is 0 Å². The van der Waals surface area contributed by atoms with E-state index < -0.39 is 0 Å². The second kappa shape index (κ2) is 2.21. The standard InChI is InChI=1S/C6H7IN2/c1-3-4(7)6(9-2)5(3)8/h8H,1-2H3. The molecule has 0 saturated heterocycles. The van der Waals surface area contributed by atoms with E-state index in [0.717, 1.165) is 14.5 Å². The maximum atomic E-state index is 7.33. The highest BCUT2D eigenvalue weighted by Crippen LogP contribution is 2.00. The lowest BCUT2D eigenvalue weighted by molar-refractivity contribution is 1.04. The summed E-state index contributed by atoms with van der Waals surface area (Å²) in [6.45, 7) is 1.94. The van der Waals surface area contributed by atoms with Crippen molar-refractivity contribution in [2.45, 2.75) is 6.92 Å². The highest BCUT2D eigenvalue weighted by atomic mass is 127. The predicted molar refractivity (Wildman–Crippen MR) is 43.6 cm³/mol.